The lowest BCUT2D eigenvalue weighted by molar-refractivity contribution is 0.0505. The largest absolute Gasteiger partial charge is 0.384 e. The smallest absolute Gasteiger partial charge is 0.274 e. The van der Waals surface area contributed by atoms with Gasteiger partial charge in [0, 0.05) is 12.1 Å². The monoisotopic (exact) mass is 267 g/mol. The Morgan fingerprint density at radius 3 is 2.61 bits per heavy atom. The summed E-state index contributed by atoms with van der Waals surface area (Å²) in [6, 6.07) is 3.67. The van der Waals surface area contributed by atoms with Crippen LogP contribution < -0.4 is 5.73 Å². The van der Waals surface area contributed by atoms with Gasteiger partial charge in [-0.3, -0.25) is 4.79 Å². The van der Waals surface area contributed by atoms with Gasteiger partial charge in [0.25, 0.3) is 5.91 Å². The highest BCUT2D eigenvalue weighted by Crippen LogP contribution is 2.26. The van der Waals surface area contributed by atoms with Crippen molar-refractivity contribution >= 4 is 23.3 Å². The van der Waals surface area contributed by atoms with Crippen molar-refractivity contribution in [3.63, 3.8) is 0 Å². The molecule has 0 spiro atoms. The van der Waals surface area contributed by atoms with Crippen molar-refractivity contribution in [2.45, 2.75) is 45.2 Å². The van der Waals surface area contributed by atoms with Gasteiger partial charge in [0.15, 0.2) is 0 Å². The first-order chi connectivity index (χ1) is 8.50. The number of pyridine rings is 1. The van der Waals surface area contributed by atoms with Crippen molar-refractivity contribution in [1.82, 2.24) is 9.88 Å². The number of likely N-dealkylation sites (tertiary alicyclic amines) is 1. The van der Waals surface area contributed by atoms with Gasteiger partial charge in [0.1, 0.15) is 11.5 Å². The Labute approximate surface area is 112 Å². The fraction of sp³-hybridized carbons (Fsp3) is 0.538. The number of aromatic nitrogens is 1. The zero-order chi connectivity index (χ0) is 13.3. The number of hydrogen-bond donors (Lipinski definition) is 1. The summed E-state index contributed by atoms with van der Waals surface area (Å²) in [5.74, 6) is 0.201. The SMILES string of the molecule is CC1CCCC(C)N1C(=O)c1nc(N)ccc1Cl. The predicted molar refractivity (Wildman–Crippen MR) is 72.6 cm³/mol. The number of rotatable bonds is 1. The van der Waals surface area contributed by atoms with Gasteiger partial charge in [-0.1, -0.05) is 11.6 Å². The third-order valence-electron chi connectivity index (χ3n) is 3.50. The summed E-state index contributed by atoms with van der Waals surface area (Å²) in [7, 11) is 0. The molecule has 1 aromatic heterocycles. The van der Waals surface area contributed by atoms with Crippen LogP contribution in [0.25, 0.3) is 0 Å². The molecule has 0 aromatic carbocycles. The van der Waals surface area contributed by atoms with Crippen LogP contribution in [0.1, 0.15) is 43.6 Å². The van der Waals surface area contributed by atoms with E-state index >= 15 is 0 Å². The second-order valence-electron chi connectivity index (χ2n) is 4.91. The molecule has 98 valence electrons. The van der Waals surface area contributed by atoms with Crippen LogP contribution in [0.4, 0.5) is 5.82 Å². The Morgan fingerprint density at radius 2 is 2.00 bits per heavy atom. The molecule has 1 amide bonds. The van der Waals surface area contributed by atoms with Gasteiger partial charge in [0.05, 0.1) is 5.02 Å². The van der Waals surface area contributed by atoms with Crippen LogP contribution in [0.2, 0.25) is 5.02 Å². The van der Waals surface area contributed by atoms with E-state index in [2.05, 4.69) is 18.8 Å². The molecule has 1 aliphatic heterocycles. The van der Waals surface area contributed by atoms with E-state index in [-0.39, 0.29) is 23.7 Å². The molecule has 0 saturated carbocycles. The number of carbonyl (C=O) groups is 1. The number of nitrogens with two attached hydrogens (primary N) is 1. The standard InChI is InChI=1S/C13H18ClN3O/c1-8-4-3-5-9(2)17(8)13(18)12-10(14)6-7-11(15)16-12/h6-9H,3-5H2,1-2H3,(H2,15,16). The number of hydrogen-bond acceptors (Lipinski definition) is 3. The van der Waals surface area contributed by atoms with Crippen molar-refractivity contribution < 1.29 is 4.79 Å². The van der Waals surface area contributed by atoms with Gasteiger partial charge in [-0.05, 0) is 45.2 Å². The minimum absolute atomic E-state index is 0.119. The van der Waals surface area contributed by atoms with Crippen molar-refractivity contribution in [1.29, 1.82) is 0 Å². The Bertz CT molecular complexity index is 454. The van der Waals surface area contributed by atoms with E-state index in [0.29, 0.717) is 10.8 Å². The van der Waals surface area contributed by atoms with Crippen molar-refractivity contribution in [2.75, 3.05) is 5.73 Å². The molecular formula is C13H18ClN3O. The molecule has 1 aliphatic rings. The van der Waals surface area contributed by atoms with E-state index in [0.717, 1.165) is 19.3 Å². The molecule has 18 heavy (non-hydrogen) atoms. The van der Waals surface area contributed by atoms with Crippen molar-refractivity contribution in [3.05, 3.63) is 22.8 Å². The molecule has 1 fully saturated rings. The average molecular weight is 268 g/mol. The summed E-state index contributed by atoms with van der Waals surface area (Å²) in [4.78, 5) is 18.5. The minimum Gasteiger partial charge on any atom is -0.384 e. The molecule has 2 rings (SSSR count). The summed E-state index contributed by atoms with van der Waals surface area (Å²) in [6.45, 7) is 4.13. The number of piperidine rings is 1. The Balaban J connectivity index is 2.32. The predicted octanol–water partition coefficient (Wildman–Crippen LogP) is 2.72. The maximum atomic E-state index is 12.5. The van der Waals surface area contributed by atoms with Crippen LogP contribution >= 0.6 is 11.6 Å². The fourth-order valence-electron chi connectivity index (χ4n) is 2.55. The number of carbonyl (C=O) groups excluding carboxylic acids is 1. The molecule has 1 saturated heterocycles. The van der Waals surface area contributed by atoms with Crippen molar-refractivity contribution in [3.8, 4) is 0 Å². The van der Waals surface area contributed by atoms with E-state index < -0.39 is 0 Å². The topological polar surface area (TPSA) is 59.2 Å². The lowest BCUT2D eigenvalue weighted by atomic mass is 9.97. The summed E-state index contributed by atoms with van der Waals surface area (Å²) in [6.07, 6.45) is 3.20. The molecule has 1 aromatic rings. The van der Waals surface area contributed by atoms with Crippen LogP contribution in [0, 0.1) is 0 Å². The molecule has 2 unspecified atom stereocenters. The number of nitrogen functional groups attached to an aromatic ring is 1. The lowest BCUT2D eigenvalue weighted by Crippen LogP contribution is -2.47. The number of anilines is 1. The van der Waals surface area contributed by atoms with Crippen LogP contribution in [-0.4, -0.2) is 27.9 Å². The van der Waals surface area contributed by atoms with E-state index in [1.165, 1.54) is 0 Å². The van der Waals surface area contributed by atoms with Gasteiger partial charge in [0.2, 0.25) is 0 Å². The number of halogens is 1. The second-order valence-corrected chi connectivity index (χ2v) is 5.32. The van der Waals surface area contributed by atoms with E-state index in [9.17, 15) is 4.79 Å². The molecule has 2 heterocycles. The summed E-state index contributed by atoms with van der Waals surface area (Å²) >= 11 is 6.04. The third-order valence-corrected chi connectivity index (χ3v) is 3.80. The van der Waals surface area contributed by atoms with E-state index in [1.807, 2.05) is 4.90 Å². The van der Waals surface area contributed by atoms with Crippen molar-refractivity contribution in [2.24, 2.45) is 0 Å². The Kier molecular flexibility index (Phi) is 3.76. The average Bonchev–Trinajstić information content (AvgIpc) is 2.32. The molecule has 0 aliphatic carbocycles. The maximum absolute atomic E-state index is 12.5. The highest BCUT2D eigenvalue weighted by Gasteiger charge is 2.31. The first kappa shape index (κ1) is 13.1. The number of amides is 1. The van der Waals surface area contributed by atoms with Crippen LogP contribution in [-0.2, 0) is 0 Å². The van der Waals surface area contributed by atoms with Gasteiger partial charge >= 0.3 is 0 Å². The Morgan fingerprint density at radius 1 is 1.39 bits per heavy atom. The zero-order valence-corrected chi connectivity index (χ0v) is 11.4. The van der Waals surface area contributed by atoms with E-state index in [4.69, 9.17) is 17.3 Å². The summed E-state index contributed by atoms with van der Waals surface area (Å²) in [5.41, 5.74) is 5.88. The highest BCUT2D eigenvalue weighted by molar-refractivity contribution is 6.33. The second kappa shape index (κ2) is 5.14. The van der Waals surface area contributed by atoms with Crippen LogP contribution in [0.5, 0.6) is 0 Å². The molecule has 4 nitrogen and oxygen atoms in total. The highest BCUT2D eigenvalue weighted by atomic mass is 35.5. The summed E-state index contributed by atoms with van der Waals surface area (Å²) in [5, 5.41) is 0.360. The van der Waals surface area contributed by atoms with Gasteiger partial charge in [-0.25, -0.2) is 4.98 Å². The number of nitrogens with zero attached hydrogens (tertiary/aromatic N) is 2. The zero-order valence-electron chi connectivity index (χ0n) is 10.7. The lowest BCUT2D eigenvalue weighted by Gasteiger charge is -2.38. The molecular weight excluding hydrogens is 250 g/mol. The van der Waals surface area contributed by atoms with Gasteiger partial charge in [-0.2, -0.15) is 0 Å². The molecule has 2 N–H and O–H groups in total. The van der Waals surface area contributed by atoms with E-state index in [1.54, 1.807) is 12.1 Å². The quantitative estimate of drug-likeness (QED) is 0.851. The maximum Gasteiger partial charge on any atom is 0.274 e. The molecule has 2 atom stereocenters. The molecule has 0 radical (unpaired) electrons. The van der Waals surface area contributed by atoms with Crippen LogP contribution in [0.15, 0.2) is 12.1 Å². The normalized spacial score (nSPS) is 24.1. The third kappa shape index (κ3) is 2.43. The molecule has 5 heteroatoms. The minimum atomic E-state index is -0.119. The summed E-state index contributed by atoms with van der Waals surface area (Å²) < 4.78 is 0. The first-order valence-corrected chi connectivity index (χ1v) is 6.63. The van der Waals surface area contributed by atoms with Gasteiger partial charge in [-0.15, -0.1) is 0 Å². The first-order valence-electron chi connectivity index (χ1n) is 6.25. The van der Waals surface area contributed by atoms with Gasteiger partial charge < -0.3 is 10.6 Å². The molecule has 0 bridgehead atoms. The fourth-order valence-corrected chi connectivity index (χ4v) is 2.74. The van der Waals surface area contributed by atoms with Crippen LogP contribution in [0.3, 0.4) is 0 Å². The Hall–Kier alpha value is -1.29.